The van der Waals surface area contributed by atoms with Crippen LogP contribution in [0.4, 0.5) is 0 Å². The van der Waals surface area contributed by atoms with Crippen molar-refractivity contribution in [3.05, 3.63) is 0 Å². The van der Waals surface area contributed by atoms with Crippen molar-refractivity contribution in [2.75, 3.05) is 6.54 Å². The highest BCUT2D eigenvalue weighted by molar-refractivity contribution is 4.87. The minimum absolute atomic E-state index is 0.476. The third-order valence-corrected chi connectivity index (χ3v) is 3.92. The predicted octanol–water partition coefficient (Wildman–Crippen LogP) is 2.72. The number of hydrogen-bond donors (Lipinski definition) is 1. The Morgan fingerprint density at radius 1 is 1.27 bits per heavy atom. The summed E-state index contributed by atoms with van der Waals surface area (Å²) in [5.41, 5.74) is 0.557. The molecule has 15 heavy (non-hydrogen) atoms. The smallest absolute Gasteiger partial charge is 0.0704 e. The van der Waals surface area contributed by atoms with E-state index in [0.717, 1.165) is 12.6 Å². The maximum absolute atomic E-state index is 5.81. The highest BCUT2D eigenvalue weighted by atomic mass is 16.5. The van der Waals surface area contributed by atoms with Gasteiger partial charge in [-0.1, -0.05) is 13.8 Å². The molecule has 0 aromatic rings. The summed E-state index contributed by atoms with van der Waals surface area (Å²) >= 11 is 0. The Labute approximate surface area is 93.8 Å². The minimum atomic E-state index is 0.476. The molecule has 1 saturated carbocycles. The van der Waals surface area contributed by atoms with Gasteiger partial charge in [-0.25, -0.2) is 0 Å². The fraction of sp³-hybridized carbons (Fsp3) is 1.00. The van der Waals surface area contributed by atoms with Gasteiger partial charge in [0.2, 0.25) is 0 Å². The van der Waals surface area contributed by atoms with Crippen LogP contribution in [0.15, 0.2) is 0 Å². The summed E-state index contributed by atoms with van der Waals surface area (Å²) in [5, 5.41) is 3.67. The molecule has 0 spiro atoms. The van der Waals surface area contributed by atoms with E-state index in [-0.39, 0.29) is 0 Å². The van der Waals surface area contributed by atoms with Gasteiger partial charge in [0.25, 0.3) is 0 Å². The fourth-order valence-electron chi connectivity index (χ4n) is 2.94. The van der Waals surface area contributed by atoms with Crippen molar-refractivity contribution in [1.29, 1.82) is 0 Å². The van der Waals surface area contributed by atoms with Crippen molar-refractivity contribution in [2.45, 2.75) is 71.1 Å². The molecule has 2 heteroatoms. The molecule has 1 aliphatic heterocycles. The van der Waals surface area contributed by atoms with E-state index >= 15 is 0 Å². The normalized spacial score (nSPS) is 39.8. The zero-order chi connectivity index (χ0) is 10.9. The molecule has 2 rings (SSSR count). The maximum atomic E-state index is 5.81. The molecular weight excluding hydrogens is 186 g/mol. The lowest BCUT2D eigenvalue weighted by Crippen LogP contribution is -2.34. The van der Waals surface area contributed by atoms with E-state index in [0.29, 0.717) is 17.6 Å². The summed E-state index contributed by atoms with van der Waals surface area (Å²) in [6.07, 6.45) is 7.48. The molecule has 1 N–H and O–H groups in total. The summed E-state index contributed by atoms with van der Waals surface area (Å²) in [5.74, 6) is 0. The van der Waals surface area contributed by atoms with Gasteiger partial charge < -0.3 is 10.1 Å². The lowest BCUT2D eigenvalue weighted by molar-refractivity contribution is 0.0542. The van der Waals surface area contributed by atoms with E-state index in [1.54, 1.807) is 0 Å². The second-order valence-corrected chi connectivity index (χ2v) is 6.16. The topological polar surface area (TPSA) is 21.3 Å². The number of hydrogen-bond acceptors (Lipinski definition) is 2. The van der Waals surface area contributed by atoms with Crippen LogP contribution in [0, 0.1) is 5.41 Å². The zero-order valence-electron chi connectivity index (χ0n) is 10.4. The number of nitrogens with one attached hydrogen (secondary N) is 1. The van der Waals surface area contributed by atoms with Gasteiger partial charge in [-0.2, -0.15) is 0 Å². The van der Waals surface area contributed by atoms with E-state index in [9.17, 15) is 0 Å². The van der Waals surface area contributed by atoms with Crippen LogP contribution >= 0.6 is 0 Å². The third-order valence-electron chi connectivity index (χ3n) is 3.92. The molecule has 2 fully saturated rings. The number of ether oxygens (including phenoxy) is 1. The standard InChI is InChI=1S/C13H25NO/c1-10-4-5-12(15-10)9-14-11-6-7-13(2,3)8-11/h10-12,14H,4-9H2,1-3H3. The molecule has 0 aromatic carbocycles. The molecule has 0 radical (unpaired) electrons. The Morgan fingerprint density at radius 2 is 2.07 bits per heavy atom. The lowest BCUT2D eigenvalue weighted by atomic mass is 9.92. The molecule has 1 aliphatic carbocycles. The van der Waals surface area contributed by atoms with Crippen LogP contribution in [-0.2, 0) is 4.74 Å². The Kier molecular flexibility index (Phi) is 3.36. The summed E-state index contributed by atoms with van der Waals surface area (Å²) in [6.45, 7) is 8.00. The van der Waals surface area contributed by atoms with Crippen LogP contribution in [-0.4, -0.2) is 24.8 Å². The quantitative estimate of drug-likeness (QED) is 0.775. The fourth-order valence-corrected chi connectivity index (χ4v) is 2.94. The SMILES string of the molecule is CC1CCC(CNC2CCC(C)(C)C2)O1. The van der Waals surface area contributed by atoms with Crippen LogP contribution in [0.25, 0.3) is 0 Å². The molecule has 2 aliphatic rings. The van der Waals surface area contributed by atoms with Gasteiger partial charge in [0, 0.05) is 12.6 Å². The van der Waals surface area contributed by atoms with Gasteiger partial charge in [0.1, 0.15) is 0 Å². The monoisotopic (exact) mass is 211 g/mol. The molecule has 0 bridgehead atoms. The van der Waals surface area contributed by atoms with E-state index in [1.165, 1.54) is 32.1 Å². The summed E-state index contributed by atoms with van der Waals surface area (Å²) in [4.78, 5) is 0. The molecule has 88 valence electrons. The Morgan fingerprint density at radius 3 is 2.60 bits per heavy atom. The van der Waals surface area contributed by atoms with Crippen molar-refractivity contribution in [3.8, 4) is 0 Å². The molecule has 1 heterocycles. The van der Waals surface area contributed by atoms with Crippen LogP contribution in [0.3, 0.4) is 0 Å². The Bertz CT molecular complexity index is 215. The molecule has 0 amide bonds. The second-order valence-electron chi connectivity index (χ2n) is 6.16. The van der Waals surface area contributed by atoms with E-state index in [2.05, 4.69) is 26.1 Å². The van der Waals surface area contributed by atoms with Gasteiger partial charge in [0.05, 0.1) is 12.2 Å². The number of rotatable bonds is 3. The van der Waals surface area contributed by atoms with Gasteiger partial charge >= 0.3 is 0 Å². The lowest BCUT2D eigenvalue weighted by Gasteiger charge is -2.19. The predicted molar refractivity (Wildman–Crippen MR) is 63.0 cm³/mol. The summed E-state index contributed by atoms with van der Waals surface area (Å²) < 4.78 is 5.81. The average Bonchev–Trinajstić information content (AvgIpc) is 2.69. The van der Waals surface area contributed by atoms with Crippen LogP contribution in [0.1, 0.15) is 52.9 Å². The van der Waals surface area contributed by atoms with Gasteiger partial charge in [0.15, 0.2) is 0 Å². The second kappa shape index (κ2) is 4.42. The van der Waals surface area contributed by atoms with Crippen molar-refractivity contribution in [3.63, 3.8) is 0 Å². The molecule has 0 aromatic heterocycles. The van der Waals surface area contributed by atoms with Crippen molar-refractivity contribution in [1.82, 2.24) is 5.32 Å². The van der Waals surface area contributed by atoms with Gasteiger partial charge in [-0.05, 0) is 44.4 Å². The molecule has 3 unspecified atom stereocenters. The first-order chi connectivity index (χ1) is 7.05. The Hall–Kier alpha value is -0.0800. The Balaban J connectivity index is 1.66. The minimum Gasteiger partial charge on any atom is -0.374 e. The largest absolute Gasteiger partial charge is 0.374 e. The van der Waals surface area contributed by atoms with E-state index in [1.807, 2.05) is 0 Å². The maximum Gasteiger partial charge on any atom is 0.0704 e. The summed E-state index contributed by atoms with van der Waals surface area (Å²) in [7, 11) is 0. The highest BCUT2D eigenvalue weighted by Crippen LogP contribution is 2.36. The third kappa shape index (κ3) is 3.18. The van der Waals surface area contributed by atoms with Crippen LogP contribution < -0.4 is 5.32 Å². The first-order valence-corrected chi connectivity index (χ1v) is 6.44. The highest BCUT2D eigenvalue weighted by Gasteiger charge is 2.31. The molecule has 1 saturated heterocycles. The van der Waals surface area contributed by atoms with Crippen molar-refractivity contribution < 1.29 is 4.74 Å². The van der Waals surface area contributed by atoms with Gasteiger partial charge in [-0.3, -0.25) is 0 Å². The van der Waals surface area contributed by atoms with Crippen LogP contribution in [0.2, 0.25) is 0 Å². The van der Waals surface area contributed by atoms with Crippen LogP contribution in [0.5, 0.6) is 0 Å². The zero-order valence-corrected chi connectivity index (χ0v) is 10.4. The van der Waals surface area contributed by atoms with E-state index < -0.39 is 0 Å². The van der Waals surface area contributed by atoms with Crippen molar-refractivity contribution >= 4 is 0 Å². The molecule has 3 atom stereocenters. The van der Waals surface area contributed by atoms with E-state index in [4.69, 9.17) is 4.74 Å². The average molecular weight is 211 g/mol. The first kappa shape index (κ1) is 11.4. The molecular formula is C13H25NO. The van der Waals surface area contributed by atoms with Crippen molar-refractivity contribution in [2.24, 2.45) is 5.41 Å². The first-order valence-electron chi connectivity index (χ1n) is 6.44. The van der Waals surface area contributed by atoms with Gasteiger partial charge in [-0.15, -0.1) is 0 Å². The summed E-state index contributed by atoms with van der Waals surface area (Å²) in [6, 6.07) is 0.736. The molecule has 2 nitrogen and oxygen atoms in total.